The number of fused-ring (bicyclic) bond motifs is 1. The molecule has 0 saturated heterocycles. The molecule has 2 aromatic rings. The van der Waals surface area contributed by atoms with Gasteiger partial charge in [-0.15, -0.1) is 0 Å². The quantitative estimate of drug-likeness (QED) is 0.790. The molecule has 0 amide bonds. The zero-order valence-corrected chi connectivity index (χ0v) is 12.9. The van der Waals surface area contributed by atoms with Crippen molar-refractivity contribution in [3.05, 3.63) is 16.7 Å². The normalized spacial score (nSPS) is 11.2. The Morgan fingerprint density at radius 3 is 2.53 bits per heavy atom. The van der Waals surface area contributed by atoms with Crippen molar-refractivity contribution in [1.29, 1.82) is 0 Å². The number of anilines is 1. The molecule has 4 heteroatoms. The average molecular weight is 278 g/mol. The zero-order chi connectivity index (χ0) is 14.0. The number of thiazole rings is 1. The fourth-order valence-corrected chi connectivity index (χ4v) is 3.27. The van der Waals surface area contributed by atoms with Crippen molar-refractivity contribution in [1.82, 2.24) is 4.98 Å². The summed E-state index contributed by atoms with van der Waals surface area (Å²) < 4.78 is 1.10. The highest BCUT2D eigenvalue weighted by Crippen LogP contribution is 2.38. The first-order chi connectivity index (χ1) is 9.06. The summed E-state index contributed by atoms with van der Waals surface area (Å²) in [6.45, 7) is 9.11. The molecule has 1 aromatic carbocycles. The predicted octanol–water partition coefficient (Wildman–Crippen LogP) is 4.53. The molecule has 104 valence electrons. The minimum Gasteiger partial charge on any atom is -0.507 e. The number of unbranched alkanes of at least 4 members (excludes halogenated alkanes) is 2. The number of hydrogen-bond acceptors (Lipinski definition) is 4. The Hall–Kier alpha value is -1.29. The Morgan fingerprint density at radius 2 is 1.84 bits per heavy atom. The van der Waals surface area contributed by atoms with Gasteiger partial charge in [0.25, 0.3) is 0 Å². The molecule has 0 spiro atoms. The molecule has 2 N–H and O–H groups in total. The monoisotopic (exact) mass is 278 g/mol. The van der Waals surface area contributed by atoms with Crippen LogP contribution >= 0.6 is 11.3 Å². The van der Waals surface area contributed by atoms with Crippen LogP contribution in [0, 0.1) is 20.8 Å². The van der Waals surface area contributed by atoms with E-state index >= 15 is 0 Å². The third-order valence-electron chi connectivity index (χ3n) is 3.65. The van der Waals surface area contributed by atoms with E-state index < -0.39 is 0 Å². The summed E-state index contributed by atoms with van der Waals surface area (Å²) in [5, 5.41) is 14.4. The lowest BCUT2D eigenvalue weighted by molar-refractivity contribution is 0.467. The lowest BCUT2D eigenvalue weighted by atomic mass is 10.0. The summed E-state index contributed by atoms with van der Waals surface area (Å²) in [6, 6.07) is 0. The Bertz CT molecular complexity index is 545. The number of aryl methyl sites for hydroxylation is 2. The molecule has 1 heterocycles. The molecular weight excluding hydrogens is 256 g/mol. The highest BCUT2D eigenvalue weighted by Gasteiger charge is 2.15. The van der Waals surface area contributed by atoms with Crippen molar-refractivity contribution in [2.24, 2.45) is 0 Å². The number of nitrogens with zero attached hydrogens (tertiary/aromatic N) is 1. The van der Waals surface area contributed by atoms with Crippen LogP contribution < -0.4 is 5.32 Å². The molecule has 0 saturated carbocycles. The maximum absolute atomic E-state index is 10.1. The molecular formula is C15H22N2OS. The van der Waals surface area contributed by atoms with Crippen LogP contribution in [0.4, 0.5) is 5.13 Å². The number of hydrogen-bond donors (Lipinski definition) is 2. The van der Waals surface area contributed by atoms with E-state index in [9.17, 15) is 5.11 Å². The van der Waals surface area contributed by atoms with Crippen LogP contribution in [0.2, 0.25) is 0 Å². The highest BCUT2D eigenvalue weighted by molar-refractivity contribution is 7.22. The molecule has 0 atom stereocenters. The summed E-state index contributed by atoms with van der Waals surface area (Å²) in [6.07, 6.45) is 3.65. The van der Waals surface area contributed by atoms with Crippen molar-refractivity contribution in [3.8, 4) is 5.75 Å². The number of benzene rings is 1. The van der Waals surface area contributed by atoms with Gasteiger partial charge in [0.2, 0.25) is 0 Å². The van der Waals surface area contributed by atoms with Gasteiger partial charge in [-0.05, 0) is 38.3 Å². The van der Waals surface area contributed by atoms with Gasteiger partial charge in [-0.1, -0.05) is 31.1 Å². The van der Waals surface area contributed by atoms with Gasteiger partial charge in [-0.2, -0.15) is 0 Å². The standard InChI is InChI=1S/C15H22N2OS/c1-5-6-7-8-16-15-17-12-9(2)10(3)13(18)11(4)14(12)19-15/h18H,5-8H2,1-4H3,(H,16,17). The second-order valence-corrected chi connectivity index (χ2v) is 6.05. The number of phenolic OH excluding ortho intramolecular Hbond substituents is 1. The number of phenols is 1. The van der Waals surface area contributed by atoms with Crippen LogP contribution in [-0.4, -0.2) is 16.6 Å². The SMILES string of the molecule is CCCCCNc1nc2c(C)c(C)c(O)c(C)c2s1. The Labute approximate surface area is 118 Å². The molecule has 0 unspecified atom stereocenters. The zero-order valence-electron chi connectivity index (χ0n) is 12.1. The van der Waals surface area contributed by atoms with Crippen LogP contribution in [-0.2, 0) is 0 Å². The molecule has 0 aliphatic heterocycles. The molecule has 0 aliphatic rings. The molecule has 0 aliphatic carbocycles. The highest BCUT2D eigenvalue weighted by atomic mass is 32.1. The maximum Gasteiger partial charge on any atom is 0.183 e. The lowest BCUT2D eigenvalue weighted by Crippen LogP contribution is -2.00. The Morgan fingerprint density at radius 1 is 1.11 bits per heavy atom. The van der Waals surface area contributed by atoms with Crippen molar-refractivity contribution in [3.63, 3.8) is 0 Å². The molecule has 0 fully saturated rings. The molecule has 1 aromatic heterocycles. The van der Waals surface area contributed by atoms with Gasteiger partial charge in [0.05, 0.1) is 10.2 Å². The fraction of sp³-hybridized carbons (Fsp3) is 0.533. The van der Waals surface area contributed by atoms with E-state index in [-0.39, 0.29) is 0 Å². The molecule has 3 nitrogen and oxygen atoms in total. The largest absolute Gasteiger partial charge is 0.507 e. The number of aromatic nitrogens is 1. The molecule has 19 heavy (non-hydrogen) atoms. The Kier molecular flexibility index (Phi) is 4.30. The first-order valence-electron chi connectivity index (χ1n) is 6.89. The van der Waals surface area contributed by atoms with Crippen LogP contribution in [0.3, 0.4) is 0 Å². The minimum atomic E-state index is 0.409. The van der Waals surface area contributed by atoms with E-state index in [1.807, 2.05) is 20.8 Å². The van der Waals surface area contributed by atoms with Gasteiger partial charge < -0.3 is 10.4 Å². The first-order valence-corrected chi connectivity index (χ1v) is 7.71. The van der Waals surface area contributed by atoms with Gasteiger partial charge in [-0.25, -0.2) is 4.98 Å². The third kappa shape index (κ3) is 2.68. The summed E-state index contributed by atoms with van der Waals surface area (Å²) >= 11 is 1.64. The summed E-state index contributed by atoms with van der Waals surface area (Å²) in [4.78, 5) is 4.67. The van der Waals surface area contributed by atoms with E-state index in [4.69, 9.17) is 0 Å². The van der Waals surface area contributed by atoms with Gasteiger partial charge in [0.15, 0.2) is 5.13 Å². The van der Waals surface area contributed by atoms with E-state index in [0.29, 0.717) is 5.75 Å². The van der Waals surface area contributed by atoms with Crippen molar-refractivity contribution < 1.29 is 5.11 Å². The smallest absolute Gasteiger partial charge is 0.183 e. The van der Waals surface area contributed by atoms with Crippen molar-refractivity contribution >= 4 is 26.7 Å². The second kappa shape index (κ2) is 5.78. The molecule has 2 rings (SSSR count). The maximum atomic E-state index is 10.1. The van der Waals surface area contributed by atoms with Crippen LogP contribution in [0.5, 0.6) is 5.75 Å². The topological polar surface area (TPSA) is 45.2 Å². The van der Waals surface area contributed by atoms with E-state index in [1.54, 1.807) is 11.3 Å². The van der Waals surface area contributed by atoms with Gasteiger partial charge >= 0.3 is 0 Å². The van der Waals surface area contributed by atoms with E-state index in [0.717, 1.165) is 38.6 Å². The minimum absolute atomic E-state index is 0.409. The second-order valence-electron chi connectivity index (χ2n) is 5.05. The van der Waals surface area contributed by atoms with Gasteiger partial charge in [-0.3, -0.25) is 0 Å². The van der Waals surface area contributed by atoms with Crippen molar-refractivity contribution in [2.75, 3.05) is 11.9 Å². The van der Waals surface area contributed by atoms with Crippen molar-refractivity contribution in [2.45, 2.75) is 47.0 Å². The van der Waals surface area contributed by atoms with Gasteiger partial charge in [0, 0.05) is 12.1 Å². The molecule has 0 radical (unpaired) electrons. The fourth-order valence-electron chi connectivity index (χ4n) is 2.22. The number of nitrogens with one attached hydrogen (secondary N) is 1. The first kappa shape index (κ1) is 14.1. The van der Waals surface area contributed by atoms with Crippen LogP contribution in [0.15, 0.2) is 0 Å². The number of aromatic hydroxyl groups is 1. The summed E-state index contributed by atoms with van der Waals surface area (Å²) in [7, 11) is 0. The van der Waals surface area contributed by atoms with Crippen LogP contribution in [0.25, 0.3) is 10.2 Å². The average Bonchev–Trinajstić information content (AvgIpc) is 2.83. The third-order valence-corrected chi connectivity index (χ3v) is 4.79. The van der Waals surface area contributed by atoms with Crippen LogP contribution in [0.1, 0.15) is 42.9 Å². The van der Waals surface area contributed by atoms with E-state index in [2.05, 4.69) is 17.2 Å². The predicted molar refractivity (Wildman–Crippen MR) is 83.5 cm³/mol. The molecule has 0 bridgehead atoms. The number of rotatable bonds is 5. The summed E-state index contributed by atoms with van der Waals surface area (Å²) in [5.74, 6) is 0.409. The summed E-state index contributed by atoms with van der Waals surface area (Å²) in [5.41, 5.74) is 3.98. The van der Waals surface area contributed by atoms with E-state index in [1.165, 1.54) is 19.3 Å². The van der Waals surface area contributed by atoms with Gasteiger partial charge in [0.1, 0.15) is 5.75 Å². The lowest BCUT2D eigenvalue weighted by Gasteiger charge is -2.07. The Balaban J connectivity index is 2.30.